The summed E-state index contributed by atoms with van der Waals surface area (Å²) in [6.07, 6.45) is 0. The molecule has 1 aliphatic rings. The summed E-state index contributed by atoms with van der Waals surface area (Å²) in [7, 11) is 0. The molecule has 0 radical (unpaired) electrons. The van der Waals surface area contributed by atoms with E-state index in [4.69, 9.17) is 17.0 Å². The van der Waals surface area contributed by atoms with Crippen LogP contribution in [-0.2, 0) is 9.53 Å². The first-order valence-corrected chi connectivity index (χ1v) is 8.04. The fraction of sp³-hybridized carbons (Fsp3) is 0.462. The molecule has 1 amide bonds. The third kappa shape index (κ3) is 2.78. The summed E-state index contributed by atoms with van der Waals surface area (Å²) in [5, 5.41) is 9.04. The molecule has 2 aromatic heterocycles. The maximum atomic E-state index is 12.6. The minimum absolute atomic E-state index is 0.0496. The van der Waals surface area contributed by atoms with Gasteiger partial charge in [-0.3, -0.25) is 14.5 Å². The first-order valence-electron chi connectivity index (χ1n) is 6.76. The van der Waals surface area contributed by atoms with Crippen molar-refractivity contribution in [3.05, 3.63) is 22.3 Å². The topological polar surface area (TPSA) is 63.1 Å². The van der Waals surface area contributed by atoms with Crippen LogP contribution < -0.4 is 0 Å². The predicted molar refractivity (Wildman–Crippen MR) is 82.8 cm³/mol. The number of amides is 1. The molecule has 8 heteroatoms. The lowest BCUT2D eigenvalue weighted by atomic mass is 10.2. The van der Waals surface area contributed by atoms with Crippen LogP contribution in [0.4, 0.5) is 0 Å². The van der Waals surface area contributed by atoms with Gasteiger partial charge in [0.15, 0.2) is 10.6 Å². The third-order valence-electron chi connectivity index (χ3n) is 3.51. The van der Waals surface area contributed by atoms with Crippen molar-refractivity contribution in [2.24, 2.45) is 0 Å². The van der Waals surface area contributed by atoms with Gasteiger partial charge in [0.25, 0.3) is 0 Å². The first kappa shape index (κ1) is 14.4. The van der Waals surface area contributed by atoms with Crippen molar-refractivity contribution in [2.45, 2.75) is 13.0 Å². The summed E-state index contributed by atoms with van der Waals surface area (Å²) >= 11 is 6.87. The number of aromatic amines is 1. The molecule has 3 rings (SSSR count). The number of nitrogens with one attached hydrogen (secondary N) is 1. The number of carbonyl (C=O) groups is 1. The van der Waals surface area contributed by atoms with Crippen molar-refractivity contribution >= 4 is 29.5 Å². The van der Waals surface area contributed by atoms with Gasteiger partial charge in [-0.2, -0.15) is 5.10 Å². The smallest absolute Gasteiger partial charge is 0.245 e. The Morgan fingerprint density at radius 1 is 1.52 bits per heavy atom. The molecule has 1 N–H and O–H groups in total. The van der Waals surface area contributed by atoms with Crippen molar-refractivity contribution in [1.82, 2.24) is 19.7 Å². The van der Waals surface area contributed by atoms with Crippen molar-refractivity contribution in [2.75, 3.05) is 26.3 Å². The van der Waals surface area contributed by atoms with Crippen LogP contribution in [0.1, 0.15) is 13.0 Å². The first-order chi connectivity index (χ1) is 10.2. The van der Waals surface area contributed by atoms with Gasteiger partial charge in [-0.05, 0) is 30.6 Å². The Bertz CT molecular complexity index is 671. The SMILES string of the molecule is CC(C(=O)N1CCOCC1)n1c(-c2cccs2)n[nH]c1=S. The monoisotopic (exact) mass is 324 g/mol. The van der Waals surface area contributed by atoms with E-state index < -0.39 is 0 Å². The standard InChI is InChI=1S/C13H16N4O2S2/c1-9(12(18)16-4-6-19-7-5-16)17-11(14-15-13(17)20)10-3-2-8-21-10/h2-3,8-9H,4-7H2,1H3,(H,15,20). The molecule has 112 valence electrons. The fourth-order valence-electron chi connectivity index (χ4n) is 2.40. The molecule has 0 bridgehead atoms. The minimum atomic E-state index is -0.383. The Labute approximate surface area is 131 Å². The number of ether oxygens (including phenoxy) is 1. The molecule has 1 saturated heterocycles. The van der Waals surface area contributed by atoms with Gasteiger partial charge in [-0.25, -0.2) is 0 Å². The van der Waals surface area contributed by atoms with Crippen LogP contribution in [0.5, 0.6) is 0 Å². The molecule has 1 fully saturated rings. The van der Waals surface area contributed by atoms with E-state index >= 15 is 0 Å². The van der Waals surface area contributed by atoms with Crippen LogP contribution >= 0.6 is 23.6 Å². The Morgan fingerprint density at radius 2 is 2.29 bits per heavy atom. The second-order valence-corrected chi connectivity index (χ2v) is 6.15. The zero-order chi connectivity index (χ0) is 14.8. The minimum Gasteiger partial charge on any atom is -0.378 e. The van der Waals surface area contributed by atoms with E-state index in [1.807, 2.05) is 29.3 Å². The number of nitrogens with zero attached hydrogens (tertiary/aromatic N) is 3. The largest absolute Gasteiger partial charge is 0.378 e. The van der Waals surface area contributed by atoms with Gasteiger partial charge in [-0.15, -0.1) is 11.3 Å². The van der Waals surface area contributed by atoms with Gasteiger partial charge < -0.3 is 9.64 Å². The number of H-pyrrole nitrogens is 1. The highest BCUT2D eigenvalue weighted by molar-refractivity contribution is 7.71. The Balaban J connectivity index is 1.91. The van der Waals surface area contributed by atoms with Gasteiger partial charge in [0.05, 0.1) is 18.1 Å². The van der Waals surface area contributed by atoms with Gasteiger partial charge in [0.2, 0.25) is 5.91 Å². The summed E-state index contributed by atoms with van der Waals surface area (Å²) in [5.74, 6) is 0.762. The van der Waals surface area contributed by atoms with E-state index in [0.29, 0.717) is 36.9 Å². The van der Waals surface area contributed by atoms with E-state index in [9.17, 15) is 4.79 Å². The van der Waals surface area contributed by atoms with Crippen molar-refractivity contribution in [1.29, 1.82) is 0 Å². The number of rotatable bonds is 3. The number of morpholine rings is 1. The molecular formula is C13H16N4O2S2. The number of hydrogen-bond acceptors (Lipinski definition) is 5. The van der Waals surface area contributed by atoms with E-state index in [2.05, 4.69) is 10.2 Å². The average molecular weight is 324 g/mol. The molecule has 0 saturated carbocycles. The van der Waals surface area contributed by atoms with Gasteiger partial charge >= 0.3 is 0 Å². The second kappa shape index (κ2) is 6.08. The van der Waals surface area contributed by atoms with E-state index in [0.717, 1.165) is 4.88 Å². The highest BCUT2D eigenvalue weighted by Crippen LogP contribution is 2.26. The maximum absolute atomic E-state index is 12.6. The Kier molecular flexibility index (Phi) is 4.18. The molecule has 1 unspecified atom stereocenters. The lowest BCUT2D eigenvalue weighted by molar-refractivity contribution is -0.138. The van der Waals surface area contributed by atoms with Crippen molar-refractivity contribution < 1.29 is 9.53 Å². The molecule has 0 spiro atoms. The third-order valence-corrected chi connectivity index (χ3v) is 4.67. The maximum Gasteiger partial charge on any atom is 0.245 e. The van der Waals surface area contributed by atoms with Crippen molar-refractivity contribution in [3.63, 3.8) is 0 Å². The van der Waals surface area contributed by atoms with E-state index in [1.165, 1.54) is 0 Å². The van der Waals surface area contributed by atoms with Crippen LogP contribution in [0, 0.1) is 4.77 Å². The summed E-state index contributed by atoms with van der Waals surface area (Å²) < 4.78 is 7.54. The quantitative estimate of drug-likeness (QED) is 0.878. The number of hydrogen-bond donors (Lipinski definition) is 1. The zero-order valence-corrected chi connectivity index (χ0v) is 13.2. The molecule has 6 nitrogen and oxygen atoms in total. The Morgan fingerprint density at radius 3 is 2.95 bits per heavy atom. The highest BCUT2D eigenvalue weighted by atomic mass is 32.1. The molecule has 0 aromatic carbocycles. The van der Waals surface area contributed by atoms with Crippen LogP contribution in [0.2, 0.25) is 0 Å². The normalized spacial score (nSPS) is 16.9. The predicted octanol–water partition coefficient (Wildman–Crippen LogP) is 2.09. The summed E-state index contributed by atoms with van der Waals surface area (Å²) in [6, 6.07) is 3.54. The molecule has 0 aliphatic carbocycles. The van der Waals surface area contributed by atoms with Crippen LogP contribution in [0.15, 0.2) is 17.5 Å². The van der Waals surface area contributed by atoms with Gasteiger partial charge in [-0.1, -0.05) is 6.07 Å². The average Bonchev–Trinajstić information content (AvgIpc) is 3.16. The number of aromatic nitrogens is 3. The lowest BCUT2D eigenvalue weighted by Crippen LogP contribution is -2.43. The highest BCUT2D eigenvalue weighted by Gasteiger charge is 2.26. The fourth-order valence-corrected chi connectivity index (χ4v) is 3.40. The van der Waals surface area contributed by atoms with Crippen LogP contribution in [-0.4, -0.2) is 51.9 Å². The molecule has 1 aliphatic heterocycles. The molecule has 3 heterocycles. The van der Waals surface area contributed by atoms with Crippen LogP contribution in [0.25, 0.3) is 10.7 Å². The second-order valence-electron chi connectivity index (χ2n) is 4.81. The molecule has 1 atom stereocenters. The lowest BCUT2D eigenvalue weighted by Gasteiger charge is -2.29. The molecule has 21 heavy (non-hydrogen) atoms. The molecule has 2 aromatic rings. The van der Waals surface area contributed by atoms with Gasteiger partial charge in [0.1, 0.15) is 6.04 Å². The summed E-state index contributed by atoms with van der Waals surface area (Å²) in [6.45, 7) is 4.30. The summed E-state index contributed by atoms with van der Waals surface area (Å²) in [5.41, 5.74) is 0. The Hall–Kier alpha value is -1.51. The van der Waals surface area contributed by atoms with E-state index in [1.54, 1.807) is 15.9 Å². The van der Waals surface area contributed by atoms with Gasteiger partial charge in [0, 0.05) is 13.1 Å². The van der Waals surface area contributed by atoms with E-state index in [-0.39, 0.29) is 11.9 Å². The molecular weight excluding hydrogens is 308 g/mol. The zero-order valence-electron chi connectivity index (χ0n) is 11.6. The van der Waals surface area contributed by atoms with Crippen LogP contribution in [0.3, 0.4) is 0 Å². The number of carbonyl (C=O) groups excluding carboxylic acids is 1. The number of thiophene rings is 1. The summed E-state index contributed by atoms with van der Waals surface area (Å²) in [4.78, 5) is 15.4. The van der Waals surface area contributed by atoms with Crippen molar-refractivity contribution in [3.8, 4) is 10.7 Å².